The van der Waals surface area contributed by atoms with Crippen molar-refractivity contribution in [2.24, 2.45) is 0 Å². The Bertz CT molecular complexity index is 3540. The second kappa shape index (κ2) is 13.4. The van der Waals surface area contributed by atoms with Crippen LogP contribution < -0.4 is 0 Å². The number of hydrogen-bond donors (Lipinski definition) is 0. The van der Waals surface area contributed by atoms with Crippen LogP contribution in [-0.2, 0) is 5.41 Å². The fraction of sp³-hybridized carbons (Fsp3) is 0.0172. The number of rotatable bonds is 5. The summed E-state index contributed by atoms with van der Waals surface area (Å²) in [4.78, 5) is 15.8. The van der Waals surface area contributed by atoms with Gasteiger partial charge in [-0.2, -0.15) is 0 Å². The van der Waals surface area contributed by atoms with Crippen LogP contribution in [0.25, 0.3) is 95.0 Å². The fourth-order valence-electron chi connectivity index (χ4n) is 10.5. The molecule has 1 spiro atoms. The molecule has 9 aromatic carbocycles. The highest BCUT2D eigenvalue weighted by atomic mass is 15.0. The lowest BCUT2D eigenvalue weighted by molar-refractivity contribution is 0.794. The van der Waals surface area contributed by atoms with Gasteiger partial charge in [0.05, 0.1) is 16.4 Å². The van der Waals surface area contributed by atoms with Crippen LogP contribution >= 0.6 is 0 Å². The predicted octanol–water partition coefficient (Wildman–Crippen LogP) is 14.0. The van der Waals surface area contributed by atoms with Gasteiger partial charge in [-0.15, -0.1) is 0 Å². The average Bonchev–Trinajstić information content (AvgIpc) is 3.96. The number of fused-ring (bicyclic) bond motifs is 13. The lowest BCUT2D eigenvalue weighted by atomic mass is 9.70. The maximum Gasteiger partial charge on any atom is 0.164 e. The summed E-state index contributed by atoms with van der Waals surface area (Å²) in [6, 6.07) is 78.5. The highest BCUT2D eigenvalue weighted by Gasteiger charge is 2.51. The van der Waals surface area contributed by atoms with Crippen LogP contribution in [0.1, 0.15) is 22.3 Å². The lowest BCUT2D eigenvalue weighted by Crippen LogP contribution is -2.25. The average molecular weight is 789 g/mol. The normalized spacial score (nSPS) is 13.0. The third-order valence-electron chi connectivity index (χ3n) is 13.1. The molecule has 0 amide bonds. The zero-order valence-corrected chi connectivity index (χ0v) is 33.6. The minimum Gasteiger partial charge on any atom is -0.309 e. The van der Waals surface area contributed by atoms with Crippen molar-refractivity contribution in [3.8, 4) is 73.2 Å². The molecule has 0 saturated heterocycles. The fourth-order valence-corrected chi connectivity index (χ4v) is 10.5. The van der Waals surface area contributed by atoms with Crippen LogP contribution in [0.2, 0.25) is 0 Å². The Morgan fingerprint density at radius 3 is 1.47 bits per heavy atom. The molecule has 0 aliphatic heterocycles. The molecule has 288 valence electrons. The van der Waals surface area contributed by atoms with Crippen molar-refractivity contribution >= 4 is 21.8 Å². The van der Waals surface area contributed by atoms with Crippen LogP contribution in [0.5, 0.6) is 0 Å². The van der Waals surface area contributed by atoms with Crippen molar-refractivity contribution in [2.45, 2.75) is 5.41 Å². The van der Waals surface area contributed by atoms with Crippen molar-refractivity contribution in [3.05, 3.63) is 241 Å². The van der Waals surface area contributed by atoms with Crippen molar-refractivity contribution < 1.29 is 0 Å². The van der Waals surface area contributed by atoms with E-state index in [0.717, 1.165) is 44.5 Å². The number of benzene rings is 9. The molecule has 0 atom stereocenters. The zero-order valence-electron chi connectivity index (χ0n) is 33.6. The first kappa shape index (κ1) is 34.6. The first-order valence-electron chi connectivity index (χ1n) is 21.2. The molecule has 0 saturated carbocycles. The number of nitrogens with zero attached hydrogens (tertiary/aromatic N) is 4. The van der Waals surface area contributed by atoms with Gasteiger partial charge >= 0.3 is 0 Å². The number of para-hydroxylation sites is 2. The molecule has 0 unspecified atom stereocenters. The second-order valence-corrected chi connectivity index (χ2v) is 16.3. The maximum atomic E-state index is 5.33. The Labute approximate surface area is 359 Å². The summed E-state index contributed by atoms with van der Waals surface area (Å²) in [5.74, 6) is 1.88. The number of aromatic nitrogens is 4. The van der Waals surface area contributed by atoms with E-state index in [1.165, 1.54) is 55.3 Å². The summed E-state index contributed by atoms with van der Waals surface area (Å²) >= 11 is 0. The van der Waals surface area contributed by atoms with Gasteiger partial charge in [-0.05, 0) is 86.0 Å². The molecular formula is C58H36N4. The summed E-state index contributed by atoms with van der Waals surface area (Å²) in [7, 11) is 0. The topological polar surface area (TPSA) is 43.6 Å². The minimum absolute atomic E-state index is 0.391. The van der Waals surface area contributed by atoms with Crippen LogP contribution in [0.15, 0.2) is 218 Å². The van der Waals surface area contributed by atoms with E-state index in [1.54, 1.807) is 0 Å². The molecule has 13 rings (SSSR count). The van der Waals surface area contributed by atoms with Crippen molar-refractivity contribution in [3.63, 3.8) is 0 Å². The van der Waals surface area contributed by atoms with Gasteiger partial charge in [0.2, 0.25) is 0 Å². The Balaban J connectivity index is 1.00. The molecule has 11 aromatic rings. The van der Waals surface area contributed by atoms with Crippen molar-refractivity contribution in [2.75, 3.05) is 0 Å². The molecule has 4 nitrogen and oxygen atoms in total. The molecule has 2 aliphatic rings. The van der Waals surface area contributed by atoms with Crippen LogP contribution in [0, 0.1) is 0 Å². The molecule has 2 aliphatic carbocycles. The minimum atomic E-state index is -0.391. The van der Waals surface area contributed by atoms with E-state index in [4.69, 9.17) is 15.0 Å². The molecule has 0 N–H and O–H groups in total. The summed E-state index contributed by atoms with van der Waals surface area (Å²) in [5.41, 5.74) is 18.4. The van der Waals surface area contributed by atoms with Crippen molar-refractivity contribution in [1.29, 1.82) is 0 Å². The second-order valence-electron chi connectivity index (χ2n) is 16.3. The smallest absolute Gasteiger partial charge is 0.164 e. The molecule has 0 radical (unpaired) electrons. The Hall–Kier alpha value is -8.21. The third kappa shape index (κ3) is 4.92. The van der Waals surface area contributed by atoms with Gasteiger partial charge in [-0.3, -0.25) is 0 Å². The molecule has 2 aromatic heterocycles. The Morgan fingerprint density at radius 2 is 0.774 bits per heavy atom. The molecule has 0 bridgehead atoms. The standard InChI is InChI=1S/C58H36N4/c1-3-17-37(18-4-1)55-59-56(39-31-33-46-45-25-12-16-30-53(45)62(54(46)36-39)40-19-5-2-6-20-40)61-57(60-55)47-26-8-7-21-41(47)38-32-34-52-48(35-38)44-24-11-15-29-51(44)58(52)49-27-13-9-22-42(49)43-23-10-14-28-50(43)58/h1-36H. The van der Waals surface area contributed by atoms with Crippen LogP contribution in [0.3, 0.4) is 0 Å². The van der Waals surface area contributed by atoms with E-state index in [1.807, 2.05) is 18.2 Å². The molecule has 4 heteroatoms. The van der Waals surface area contributed by atoms with Gasteiger partial charge in [-0.25, -0.2) is 15.0 Å². The van der Waals surface area contributed by atoms with Crippen LogP contribution in [0.4, 0.5) is 0 Å². The van der Waals surface area contributed by atoms with Gasteiger partial charge in [0.1, 0.15) is 0 Å². The van der Waals surface area contributed by atoms with Gasteiger partial charge in [0.25, 0.3) is 0 Å². The van der Waals surface area contributed by atoms with E-state index in [9.17, 15) is 0 Å². The third-order valence-corrected chi connectivity index (χ3v) is 13.1. The predicted molar refractivity (Wildman–Crippen MR) is 252 cm³/mol. The summed E-state index contributed by atoms with van der Waals surface area (Å²) < 4.78 is 2.34. The first-order valence-corrected chi connectivity index (χ1v) is 21.2. The summed E-state index contributed by atoms with van der Waals surface area (Å²) in [6.07, 6.45) is 0. The molecule has 62 heavy (non-hydrogen) atoms. The van der Waals surface area contributed by atoms with Crippen molar-refractivity contribution in [1.82, 2.24) is 19.5 Å². The van der Waals surface area contributed by atoms with E-state index in [2.05, 4.69) is 205 Å². The highest BCUT2D eigenvalue weighted by Crippen LogP contribution is 2.63. The first-order chi connectivity index (χ1) is 30.8. The number of hydrogen-bond acceptors (Lipinski definition) is 3. The van der Waals surface area contributed by atoms with Gasteiger partial charge in [0.15, 0.2) is 17.5 Å². The quantitative estimate of drug-likeness (QED) is 0.174. The molecular weight excluding hydrogens is 753 g/mol. The largest absolute Gasteiger partial charge is 0.309 e. The monoisotopic (exact) mass is 788 g/mol. The lowest BCUT2D eigenvalue weighted by Gasteiger charge is -2.30. The van der Waals surface area contributed by atoms with Gasteiger partial charge < -0.3 is 4.57 Å². The van der Waals surface area contributed by atoms with Gasteiger partial charge in [0, 0.05) is 33.2 Å². The van der Waals surface area contributed by atoms with E-state index >= 15 is 0 Å². The SMILES string of the molecule is c1ccc(-c2nc(-c3ccc4c5ccccc5n(-c5ccccc5)c4c3)nc(-c3ccccc3-c3ccc4c(c3)-c3ccccc3C43c4ccccc4-c4ccccc43)n2)cc1. The Morgan fingerprint density at radius 1 is 0.290 bits per heavy atom. The zero-order chi connectivity index (χ0) is 40.8. The summed E-state index contributed by atoms with van der Waals surface area (Å²) in [5, 5.41) is 2.39. The van der Waals surface area contributed by atoms with Gasteiger partial charge in [-0.1, -0.05) is 188 Å². The summed E-state index contributed by atoms with van der Waals surface area (Å²) in [6.45, 7) is 0. The van der Waals surface area contributed by atoms with E-state index in [-0.39, 0.29) is 0 Å². The molecule has 2 heterocycles. The van der Waals surface area contributed by atoms with E-state index in [0.29, 0.717) is 17.5 Å². The molecule has 0 fully saturated rings. The van der Waals surface area contributed by atoms with Crippen LogP contribution in [-0.4, -0.2) is 19.5 Å². The Kier molecular flexibility index (Phi) is 7.49. The maximum absolute atomic E-state index is 5.33. The highest BCUT2D eigenvalue weighted by molar-refractivity contribution is 6.10. The van der Waals surface area contributed by atoms with E-state index < -0.39 is 5.41 Å².